The number of thioether (sulfide) groups is 1. The Hall–Kier alpha value is -0.570. The molecule has 0 aliphatic carbocycles. The van der Waals surface area contributed by atoms with Gasteiger partial charge in [0.2, 0.25) is 0 Å². The van der Waals surface area contributed by atoms with Crippen LogP contribution >= 0.6 is 11.8 Å². The number of rotatable bonds is 5. The third-order valence-electron chi connectivity index (χ3n) is 3.12. The highest BCUT2D eigenvalue weighted by Gasteiger charge is 2.33. The van der Waals surface area contributed by atoms with Crippen LogP contribution in [0.25, 0.3) is 0 Å². The van der Waals surface area contributed by atoms with Crippen LogP contribution < -0.4 is 5.32 Å². The molecule has 1 aliphatic heterocycles. The summed E-state index contributed by atoms with van der Waals surface area (Å²) in [5.74, 6) is 1.69. The van der Waals surface area contributed by atoms with Gasteiger partial charge < -0.3 is 5.32 Å². The van der Waals surface area contributed by atoms with E-state index in [0.717, 1.165) is 18.1 Å². The van der Waals surface area contributed by atoms with E-state index in [1.165, 1.54) is 0 Å². The quantitative estimate of drug-likeness (QED) is 0.835. The number of nitrogens with zero attached hydrogens (tertiary/aromatic N) is 2. The lowest BCUT2D eigenvalue weighted by atomic mass is 10.3. The highest BCUT2D eigenvalue weighted by molar-refractivity contribution is 7.99. The number of H-pyrrole nitrogens is 1. The van der Waals surface area contributed by atoms with Crippen LogP contribution in [0.1, 0.15) is 19.4 Å². The van der Waals surface area contributed by atoms with Gasteiger partial charge in [-0.05, 0) is 13.5 Å². The molecule has 1 aromatic rings. The summed E-state index contributed by atoms with van der Waals surface area (Å²) in [6.45, 7) is 5.80. The molecule has 108 valence electrons. The monoisotopic (exact) mass is 304 g/mol. The summed E-state index contributed by atoms with van der Waals surface area (Å²) in [4.78, 5) is 0. The highest BCUT2D eigenvalue weighted by atomic mass is 32.2. The molecule has 0 saturated carbocycles. The van der Waals surface area contributed by atoms with E-state index in [9.17, 15) is 8.42 Å². The second-order valence-corrected chi connectivity index (χ2v) is 7.52. The normalized spacial score (nSPS) is 21.7. The zero-order valence-corrected chi connectivity index (χ0v) is 12.9. The molecular formula is C11H20N4O2S2. The topological polar surface area (TPSA) is 78.1 Å². The van der Waals surface area contributed by atoms with Gasteiger partial charge in [-0.2, -0.15) is 21.2 Å². The molecule has 0 bridgehead atoms. The smallest absolute Gasteiger partial charge is 0.260 e. The van der Waals surface area contributed by atoms with Gasteiger partial charge in [0.05, 0.1) is 6.20 Å². The van der Waals surface area contributed by atoms with E-state index < -0.39 is 10.0 Å². The van der Waals surface area contributed by atoms with Gasteiger partial charge in [0.1, 0.15) is 0 Å². The summed E-state index contributed by atoms with van der Waals surface area (Å²) in [7, 11) is -3.47. The summed E-state index contributed by atoms with van der Waals surface area (Å²) < 4.78 is 26.9. The number of sulfonamides is 1. The van der Waals surface area contributed by atoms with E-state index in [-0.39, 0.29) is 11.1 Å². The molecule has 19 heavy (non-hydrogen) atoms. The maximum Gasteiger partial charge on any atom is 0.260 e. The number of nitrogens with one attached hydrogen (secondary N) is 2. The van der Waals surface area contributed by atoms with Crippen molar-refractivity contribution in [2.75, 3.05) is 24.6 Å². The first-order valence-electron chi connectivity index (χ1n) is 6.40. The van der Waals surface area contributed by atoms with Crippen molar-refractivity contribution in [1.29, 1.82) is 0 Å². The minimum absolute atomic E-state index is 0.0269. The Morgan fingerprint density at radius 3 is 3.11 bits per heavy atom. The van der Waals surface area contributed by atoms with E-state index in [1.54, 1.807) is 22.3 Å². The molecule has 8 heteroatoms. The molecule has 2 rings (SSSR count). The van der Waals surface area contributed by atoms with Crippen molar-refractivity contribution in [1.82, 2.24) is 19.8 Å². The van der Waals surface area contributed by atoms with E-state index in [1.807, 2.05) is 13.8 Å². The first kappa shape index (κ1) is 14.8. The largest absolute Gasteiger partial charge is 0.313 e. The first-order chi connectivity index (χ1) is 9.07. The van der Waals surface area contributed by atoms with Crippen LogP contribution in [-0.2, 0) is 16.6 Å². The summed E-state index contributed by atoms with van der Waals surface area (Å²) >= 11 is 1.79. The fraction of sp³-hybridized carbons (Fsp3) is 0.727. The van der Waals surface area contributed by atoms with Crippen molar-refractivity contribution in [3.05, 3.63) is 11.8 Å². The van der Waals surface area contributed by atoms with Crippen LogP contribution in [-0.4, -0.2) is 53.6 Å². The van der Waals surface area contributed by atoms with Crippen molar-refractivity contribution in [2.24, 2.45) is 0 Å². The zero-order chi connectivity index (χ0) is 13.9. The number of hydrogen-bond donors (Lipinski definition) is 2. The fourth-order valence-electron chi connectivity index (χ4n) is 2.09. The predicted octanol–water partition coefficient (Wildman–Crippen LogP) is 0.645. The molecular weight excluding hydrogens is 284 g/mol. The minimum Gasteiger partial charge on any atom is -0.313 e. The van der Waals surface area contributed by atoms with Gasteiger partial charge >= 0.3 is 0 Å². The second kappa shape index (κ2) is 6.25. The maximum atomic E-state index is 12.7. The molecule has 1 aliphatic rings. The van der Waals surface area contributed by atoms with Crippen LogP contribution in [0.4, 0.5) is 0 Å². The Morgan fingerprint density at radius 1 is 1.63 bits per heavy atom. The third-order valence-corrected chi connectivity index (χ3v) is 6.34. The standard InChI is InChI=1S/C11H20N4O2S2/c1-3-12-6-10-7-13-14-11(10)19(16,17)15-4-5-18-8-9(15)2/h7,9,12H,3-6,8H2,1-2H3,(H,13,14). The van der Waals surface area contributed by atoms with Crippen LogP contribution in [0, 0.1) is 0 Å². The van der Waals surface area contributed by atoms with Crippen molar-refractivity contribution in [3.63, 3.8) is 0 Å². The van der Waals surface area contributed by atoms with Crippen LogP contribution in [0.15, 0.2) is 11.2 Å². The highest BCUT2D eigenvalue weighted by Crippen LogP contribution is 2.25. The van der Waals surface area contributed by atoms with Gasteiger partial charge in [-0.15, -0.1) is 0 Å². The zero-order valence-electron chi connectivity index (χ0n) is 11.2. The minimum atomic E-state index is -3.47. The van der Waals surface area contributed by atoms with Crippen molar-refractivity contribution >= 4 is 21.8 Å². The van der Waals surface area contributed by atoms with Crippen LogP contribution in [0.2, 0.25) is 0 Å². The van der Waals surface area contributed by atoms with E-state index in [2.05, 4.69) is 15.5 Å². The van der Waals surface area contributed by atoms with Crippen LogP contribution in [0.3, 0.4) is 0 Å². The van der Waals surface area contributed by atoms with Crippen molar-refractivity contribution in [3.8, 4) is 0 Å². The lowest BCUT2D eigenvalue weighted by Crippen LogP contribution is -2.44. The van der Waals surface area contributed by atoms with Gasteiger partial charge in [0, 0.05) is 36.2 Å². The second-order valence-electron chi connectivity index (χ2n) is 4.54. The number of aromatic amines is 1. The summed E-state index contributed by atoms with van der Waals surface area (Å²) in [5, 5.41) is 9.89. The molecule has 1 fully saturated rings. The molecule has 2 heterocycles. The molecule has 0 amide bonds. The molecule has 1 saturated heterocycles. The van der Waals surface area contributed by atoms with Gasteiger partial charge in [0.15, 0.2) is 5.03 Å². The van der Waals surface area contributed by atoms with E-state index in [0.29, 0.717) is 18.7 Å². The Bertz CT molecular complexity index is 515. The van der Waals surface area contributed by atoms with E-state index in [4.69, 9.17) is 0 Å². The lowest BCUT2D eigenvalue weighted by Gasteiger charge is -2.31. The van der Waals surface area contributed by atoms with Crippen LogP contribution in [0.5, 0.6) is 0 Å². The Morgan fingerprint density at radius 2 is 2.42 bits per heavy atom. The average molecular weight is 304 g/mol. The van der Waals surface area contributed by atoms with Gasteiger partial charge in [-0.25, -0.2) is 8.42 Å². The molecule has 6 nitrogen and oxygen atoms in total. The number of aromatic nitrogens is 2. The molecule has 2 N–H and O–H groups in total. The van der Waals surface area contributed by atoms with Gasteiger partial charge in [0.25, 0.3) is 10.0 Å². The van der Waals surface area contributed by atoms with Crippen molar-refractivity contribution in [2.45, 2.75) is 31.5 Å². The summed E-state index contributed by atoms with van der Waals surface area (Å²) in [6.07, 6.45) is 1.58. The maximum absolute atomic E-state index is 12.7. The molecule has 1 atom stereocenters. The van der Waals surface area contributed by atoms with E-state index >= 15 is 0 Å². The molecule has 0 aromatic carbocycles. The molecule has 1 unspecified atom stereocenters. The van der Waals surface area contributed by atoms with Gasteiger partial charge in [-0.1, -0.05) is 6.92 Å². The predicted molar refractivity (Wildman–Crippen MR) is 76.6 cm³/mol. The fourth-order valence-corrected chi connectivity index (χ4v) is 5.06. The Kier molecular flexibility index (Phi) is 4.88. The number of hydrogen-bond acceptors (Lipinski definition) is 5. The average Bonchev–Trinajstić information content (AvgIpc) is 2.85. The Labute approximate surface area is 118 Å². The Balaban J connectivity index is 2.26. The molecule has 0 spiro atoms. The summed E-state index contributed by atoms with van der Waals surface area (Å²) in [6, 6.07) is 0.0269. The van der Waals surface area contributed by atoms with Crippen molar-refractivity contribution < 1.29 is 8.42 Å². The SMILES string of the molecule is CCNCc1cn[nH]c1S(=O)(=O)N1CCSCC1C. The first-order valence-corrected chi connectivity index (χ1v) is 8.99. The van der Waals surface area contributed by atoms with Gasteiger partial charge in [-0.3, -0.25) is 5.10 Å². The summed E-state index contributed by atoms with van der Waals surface area (Å²) in [5.41, 5.74) is 0.701. The third kappa shape index (κ3) is 3.13. The molecule has 0 radical (unpaired) electrons. The molecule has 1 aromatic heterocycles. The lowest BCUT2D eigenvalue weighted by molar-refractivity contribution is 0.365.